The summed E-state index contributed by atoms with van der Waals surface area (Å²) in [4.78, 5) is 6.91. The van der Waals surface area contributed by atoms with Crippen LogP contribution in [0, 0.1) is 6.92 Å². The van der Waals surface area contributed by atoms with Crippen molar-refractivity contribution in [3.05, 3.63) is 48.2 Å². The van der Waals surface area contributed by atoms with Gasteiger partial charge in [0.1, 0.15) is 5.82 Å². The summed E-state index contributed by atoms with van der Waals surface area (Å²) >= 11 is 0. The maximum Gasteiger partial charge on any atom is 0.158 e. The number of hydrogen-bond donors (Lipinski definition) is 1. The lowest BCUT2D eigenvalue weighted by molar-refractivity contribution is 0.198. The van der Waals surface area contributed by atoms with Crippen LogP contribution in [0.4, 0.5) is 5.82 Å². The van der Waals surface area contributed by atoms with Crippen LogP contribution in [0.25, 0.3) is 16.9 Å². The first-order valence-corrected chi connectivity index (χ1v) is 7.56. The van der Waals surface area contributed by atoms with E-state index in [0.29, 0.717) is 6.54 Å². The van der Waals surface area contributed by atoms with Crippen molar-refractivity contribution in [2.75, 3.05) is 18.0 Å². The fourth-order valence-corrected chi connectivity index (χ4v) is 3.01. The molecule has 4 rings (SSSR count). The van der Waals surface area contributed by atoms with Crippen LogP contribution in [-0.2, 0) is 0 Å². The number of aliphatic hydroxyl groups excluding tert-OH is 1. The van der Waals surface area contributed by atoms with Gasteiger partial charge in [-0.25, -0.2) is 4.98 Å². The van der Waals surface area contributed by atoms with Crippen LogP contribution < -0.4 is 4.90 Å². The van der Waals surface area contributed by atoms with Crippen LogP contribution in [-0.4, -0.2) is 38.9 Å². The summed E-state index contributed by atoms with van der Waals surface area (Å²) in [6.45, 7) is 3.46. The van der Waals surface area contributed by atoms with E-state index in [2.05, 4.69) is 28.2 Å². The number of nitrogens with zero attached hydrogens (tertiary/aromatic N) is 4. The Labute approximate surface area is 128 Å². The number of anilines is 1. The fraction of sp³-hybridized carbons (Fsp3) is 0.294. The third-order valence-electron chi connectivity index (χ3n) is 4.09. The van der Waals surface area contributed by atoms with Gasteiger partial charge in [-0.1, -0.05) is 30.3 Å². The second kappa shape index (κ2) is 5.10. The van der Waals surface area contributed by atoms with E-state index >= 15 is 0 Å². The van der Waals surface area contributed by atoms with Crippen LogP contribution in [0.3, 0.4) is 0 Å². The molecule has 1 fully saturated rings. The Kier molecular flexibility index (Phi) is 3.08. The first kappa shape index (κ1) is 13.3. The third-order valence-corrected chi connectivity index (χ3v) is 4.09. The maximum absolute atomic E-state index is 9.84. The molecule has 5 nitrogen and oxygen atoms in total. The topological polar surface area (TPSA) is 53.7 Å². The first-order chi connectivity index (χ1) is 10.7. The molecule has 0 spiro atoms. The summed E-state index contributed by atoms with van der Waals surface area (Å²) in [6.07, 6.45) is 0.533. The van der Waals surface area contributed by atoms with Crippen LogP contribution in [0.5, 0.6) is 0 Å². The van der Waals surface area contributed by atoms with Gasteiger partial charge in [-0.15, -0.1) is 0 Å². The third kappa shape index (κ3) is 2.23. The summed E-state index contributed by atoms with van der Waals surface area (Å²) in [5, 5.41) is 14.4. The minimum Gasteiger partial charge on any atom is -0.391 e. The van der Waals surface area contributed by atoms with Crippen molar-refractivity contribution in [1.82, 2.24) is 14.6 Å². The summed E-state index contributed by atoms with van der Waals surface area (Å²) in [5.41, 5.74) is 3.81. The van der Waals surface area contributed by atoms with E-state index in [1.165, 1.54) is 0 Å². The number of β-amino-alcohol motifs (C(OH)–C–C–N with tert-alkyl or cyclic N) is 1. The minimum absolute atomic E-state index is 0.264. The maximum atomic E-state index is 9.84. The van der Waals surface area contributed by atoms with Crippen LogP contribution >= 0.6 is 0 Å². The van der Waals surface area contributed by atoms with E-state index < -0.39 is 0 Å². The molecule has 0 unspecified atom stereocenters. The van der Waals surface area contributed by atoms with Crippen molar-refractivity contribution in [2.45, 2.75) is 19.4 Å². The molecular weight excluding hydrogens is 276 g/mol. The standard InChI is InChI=1S/C17H18N4O/c1-12-9-16-18-15(13-5-3-2-4-6-13)10-17(21(16)19-12)20-8-7-14(22)11-20/h2-6,9-10,14,22H,7-8,11H2,1H3/t14-/m0/s1. The molecule has 5 heteroatoms. The van der Waals surface area contributed by atoms with Gasteiger partial charge in [0.2, 0.25) is 0 Å². The lowest BCUT2D eigenvalue weighted by Crippen LogP contribution is -2.24. The Bertz CT molecular complexity index is 812. The molecule has 22 heavy (non-hydrogen) atoms. The van der Waals surface area contributed by atoms with Gasteiger partial charge in [-0.3, -0.25) is 0 Å². The van der Waals surface area contributed by atoms with Crippen LogP contribution in [0.15, 0.2) is 42.5 Å². The summed E-state index contributed by atoms with van der Waals surface area (Å²) < 4.78 is 1.87. The average molecular weight is 294 g/mol. The van der Waals surface area contributed by atoms with Crippen molar-refractivity contribution in [1.29, 1.82) is 0 Å². The van der Waals surface area contributed by atoms with Gasteiger partial charge in [0, 0.05) is 30.8 Å². The van der Waals surface area contributed by atoms with Gasteiger partial charge in [0.15, 0.2) is 5.65 Å². The van der Waals surface area contributed by atoms with Gasteiger partial charge < -0.3 is 10.0 Å². The SMILES string of the molecule is Cc1cc2nc(-c3ccccc3)cc(N3CC[C@H](O)C3)n2n1. The summed E-state index contributed by atoms with van der Waals surface area (Å²) in [6, 6.07) is 14.2. The highest BCUT2D eigenvalue weighted by Gasteiger charge is 2.23. The first-order valence-electron chi connectivity index (χ1n) is 7.56. The molecule has 1 N–H and O–H groups in total. The van der Waals surface area contributed by atoms with E-state index in [-0.39, 0.29) is 6.10 Å². The fourth-order valence-electron chi connectivity index (χ4n) is 3.01. The van der Waals surface area contributed by atoms with Gasteiger partial charge in [0.25, 0.3) is 0 Å². The van der Waals surface area contributed by atoms with E-state index in [9.17, 15) is 5.11 Å². The smallest absolute Gasteiger partial charge is 0.158 e. The Morgan fingerprint density at radius 2 is 2.00 bits per heavy atom. The molecule has 0 aliphatic carbocycles. The Balaban J connectivity index is 1.89. The zero-order chi connectivity index (χ0) is 15.1. The highest BCUT2D eigenvalue weighted by atomic mass is 16.3. The molecule has 112 valence electrons. The van der Waals surface area contributed by atoms with Gasteiger partial charge in [0.05, 0.1) is 17.5 Å². The second-order valence-electron chi connectivity index (χ2n) is 5.81. The number of hydrogen-bond acceptors (Lipinski definition) is 4. The molecule has 0 bridgehead atoms. The minimum atomic E-state index is -0.264. The summed E-state index contributed by atoms with van der Waals surface area (Å²) in [5.74, 6) is 0.994. The molecule has 0 radical (unpaired) electrons. The molecule has 3 heterocycles. The molecule has 1 aliphatic rings. The monoisotopic (exact) mass is 294 g/mol. The van der Waals surface area contributed by atoms with Crippen molar-refractivity contribution in [3.63, 3.8) is 0 Å². The lowest BCUT2D eigenvalue weighted by Gasteiger charge is -2.19. The molecule has 1 aliphatic heterocycles. The largest absolute Gasteiger partial charge is 0.391 e. The Morgan fingerprint density at radius 3 is 2.73 bits per heavy atom. The van der Waals surface area contributed by atoms with E-state index in [1.54, 1.807) is 0 Å². The molecule has 1 atom stereocenters. The van der Waals surface area contributed by atoms with Crippen LogP contribution in [0.2, 0.25) is 0 Å². The van der Waals surface area contributed by atoms with E-state index in [1.807, 2.05) is 35.7 Å². The molecule has 1 saturated heterocycles. The van der Waals surface area contributed by atoms with Crippen molar-refractivity contribution < 1.29 is 5.11 Å². The number of rotatable bonds is 2. The average Bonchev–Trinajstić information content (AvgIpc) is 3.12. The number of aliphatic hydroxyl groups is 1. The number of aryl methyl sites for hydroxylation is 1. The molecule has 2 aromatic heterocycles. The molecular formula is C17H18N4O. The highest BCUT2D eigenvalue weighted by Crippen LogP contribution is 2.27. The van der Waals surface area contributed by atoms with Gasteiger partial charge in [-0.05, 0) is 13.3 Å². The predicted molar refractivity (Wildman–Crippen MR) is 86.0 cm³/mol. The second-order valence-corrected chi connectivity index (χ2v) is 5.81. The van der Waals surface area contributed by atoms with Gasteiger partial charge in [-0.2, -0.15) is 9.61 Å². The Morgan fingerprint density at radius 1 is 1.18 bits per heavy atom. The van der Waals surface area contributed by atoms with E-state index in [0.717, 1.165) is 41.4 Å². The summed E-state index contributed by atoms with van der Waals surface area (Å²) in [7, 11) is 0. The van der Waals surface area contributed by atoms with Crippen LogP contribution in [0.1, 0.15) is 12.1 Å². The van der Waals surface area contributed by atoms with Crippen molar-refractivity contribution >= 4 is 11.5 Å². The highest BCUT2D eigenvalue weighted by molar-refractivity contribution is 5.67. The zero-order valence-corrected chi connectivity index (χ0v) is 12.5. The molecule has 0 saturated carbocycles. The number of aromatic nitrogens is 3. The quantitative estimate of drug-likeness (QED) is 0.788. The number of fused-ring (bicyclic) bond motifs is 1. The molecule has 0 amide bonds. The van der Waals surface area contributed by atoms with Crippen molar-refractivity contribution in [2.24, 2.45) is 0 Å². The van der Waals surface area contributed by atoms with E-state index in [4.69, 9.17) is 4.98 Å². The lowest BCUT2D eigenvalue weighted by atomic mass is 10.1. The molecule has 3 aromatic rings. The molecule has 1 aromatic carbocycles. The van der Waals surface area contributed by atoms with Gasteiger partial charge >= 0.3 is 0 Å². The Hall–Kier alpha value is -2.40. The normalized spacial score (nSPS) is 18.3. The predicted octanol–water partition coefficient (Wildman–Crippen LogP) is 2.28. The zero-order valence-electron chi connectivity index (χ0n) is 12.5. The number of benzene rings is 1. The van der Waals surface area contributed by atoms with Crippen molar-refractivity contribution in [3.8, 4) is 11.3 Å².